The number of aromatic carboxylic acids is 2. The molecule has 3 aromatic carbocycles. The number of fused-ring (bicyclic) bond motifs is 1. The maximum Gasteiger partial charge on any atom is 0.337 e. The zero-order chi connectivity index (χ0) is 15.7. The third-order valence-electron chi connectivity index (χ3n) is 3.57. The molecular formula is C18H12O4. The zero-order valence-corrected chi connectivity index (χ0v) is 11.5. The molecule has 0 saturated heterocycles. The van der Waals surface area contributed by atoms with Gasteiger partial charge in [0.25, 0.3) is 0 Å². The van der Waals surface area contributed by atoms with Gasteiger partial charge in [-0.3, -0.25) is 0 Å². The minimum absolute atomic E-state index is 0.190. The predicted molar refractivity (Wildman–Crippen MR) is 83.3 cm³/mol. The minimum Gasteiger partial charge on any atom is -0.478 e. The largest absolute Gasteiger partial charge is 0.478 e. The summed E-state index contributed by atoms with van der Waals surface area (Å²) in [6, 6.07) is 17.8. The third-order valence-corrected chi connectivity index (χ3v) is 3.57. The fourth-order valence-electron chi connectivity index (χ4n) is 2.56. The van der Waals surface area contributed by atoms with Crippen molar-refractivity contribution in [2.24, 2.45) is 0 Å². The fourth-order valence-corrected chi connectivity index (χ4v) is 2.56. The summed E-state index contributed by atoms with van der Waals surface area (Å²) in [6.07, 6.45) is 0. The first-order valence-electron chi connectivity index (χ1n) is 6.66. The van der Waals surface area contributed by atoms with E-state index >= 15 is 0 Å². The van der Waals surface area contributed by atoms with E-state index in [4.69, 9.17) is 0 Å². The lowest BCUT2D eigenvalue weighted by Gasteiger charge is -2.10. The van der Waals surface area contributed by atoms with Gasteiger partial charge in [-0.25, -0.2) is 9.59 Å². The molecule has 0 radical (unpaired) electrons. The Morgan fingerprint density at radius 3 is 2.14 bits per heavy atom. The molecular weight excluding hydrogens is 280 g/mol. The highest BCUT2D eigenvalue weighted by atomic mass is 16.4. The van der Waals surface area contributed by atoms with Crippen molar-refractivity contribution in [2.45, 2.75) is 0 Å². The van der Waals surface area contributed by atoms with E-state index in [1.54, 1.807) is 18.2 Å². The standard InChI is InChI=1S/C18H12O4/c19-17(20)15-7-3-6-14(16(15)18(21)22)13-9-8-11-4-1-2-5-12(11)10-13/h1-10H,(H,19,20)(H,21,22). The lowest BCUT2D eigenvalue weighted by molar-refractivity contribution is 0.0652. The Morgan fingerprint density at radius 1 is 0.727 bits per heavy atom. The van der Waals surface area contributed by atoms with Crippen LogP contribution in [-0.4, -0.2) is 22.2 Å². The van der Waals surface area contributed by atoms with Crippen LogP contribution in [0, 0.1) is 0 Å². The smallest absolute Gasteiger partial charge is 0.337 e. The van der Waals surface area contributed by atoms with Crippen LogP contribution in [0.15, 0.2) is 60.7 Å². The SMILES string of the molecule is O=C(O)c1cccc(-c2ccc3ccccc3c2)c1C(=O)O. The number of hydrogen-bond donors (Lipinski definition) is 2. The molecule has 0 atom stereocenters. The molecule has 22 heavy (non-hydrogen) atoms. The summed E-state index contributed by atoms with van der Waals surface area (Å²) >= 11 is 0. The normalized spacial score (nSPS) is 10.5. The van der Waals surface area contributed by atoms with E-state index in [-0.39, 0.29) is 11.1 Å². The minimum atomic E-state index is -1.25. The van der Waals surface area contributed by atoms with Gasteiger partial charge in [-0.05, 0) is 34.0 Å². The number of hydrogen-bond acceptors (Lipinski definition) is 2. The molecule has 0 heterocycles. The monoisotopic (exact) mass is 292 g/mol. The maximum atomic E-state index is 11.5. The molecule has 0 aromatic heterocycles. The summed E-state index contributed by atoms with van der Waals surface area (Å²) in [5, 5.41) is 20.6. The van der Waals surface area contributed by atoms with Crippen molar-refractivity contribution in [2.75, 3.05) is 0 Å². The highest BCUT2D eigenvalue weighted by Crippen LogP contribution is 2.29. The van der Waals surface area contributed by atoms with E-state index in [0.29, 0.717) is 11.1 Å². The second-order valence-electron chi connectivity index (χ2n) is 4.90. The maximum absolute atomic E-state index is 11.5. The molecule has 3 rings (SSSR count). The van der Waals surface area contributed by atoms with Gasteiger partial charge in [0.15, 0.2) is 0 Å². The van der Waals surface area contributed by atoms with Crippen LogP contribution in [0.25, 0.3) is 21.9 Å². The molecule has 0 aliphatic carbocycles. The molecule has 0 spiro atoms. The summed E-state index contributed by atoms with van der Waals surface area (Å²) < 4.78 is 0. The highest BCUT2D eigenvalue weighted by Gasteiger charge is 2.20. The van der Waals surface area contributed by atoms with Gasteiger partial charge in [0, 0.05) is 0 Å². The summed E-state index contributed by atoms with van der Waals surface area (Å²) in [5.41, 5.74) is 0.681. The second-order valence-corrected chi connectivity index (χ2v) is 4.90. The first-order valence-corrected chi connectivity index (χ1v) is 6.66. The third kappa shape index (κ3) is 2.31. The van der Waals surface area contributed by atoms with Crippen LogP contribution in [-0.2, 0) is 0 Å². The fraction of sp³-hybridized carbons (Fsp3) is 0. The van der Waals surface area contributed by atoms with Crippen LogP contribution in [0.2, 0.25) is 0 Å². The molecule has 0 unspecified atom stereocenters. The number of carboxylic acid groups (broad SMARTS) is 2. The van der Waals surface area contributed by atoms with Gasteiger partial charge in [-0.15, -0.1) is 0 Å². The van der Waals surface area contributed by atoms with Gasteiger partial charge in [-0.2, -0.15) is 0 Å². The molecule has 0 amide bonds. The Bertz CT molecular complexity index is 896. The summed E-state index contributed by atoms with van der Waals surface area (Å²) in [4.78, 5) is 22.8. The molecule has 0 aliphatic heterocycles. The molecule has 4 nitrogen and oxygen atoms in total. The molecule has 0 saturated carbocycles. The van der Waals surface area contributed by atoms with Crippen LogP contribution < -0.4 is 0 Å². The predicted octanol–water partition coefficient (Wildman–Crippen LogP) is 3.90. The number of benzene rings is 3. The van der Waals surface area contributed by atoms with Crippen molar-refractivity contribution in [1.29, 1.82) is 0 Å². The molecule has 108 valence electrons. The van der Waals surface area contributed by atoms with Crippen molar-refractivity contribution >= 4 is 22.7 Å². The Labute approximate surface area is 126 Å². The number of carbonyl (C=O) groups is 2. The number of carboxylic acids is 2. The van der Waals surface area contributed by atoms with Gasteiger partial charge in [0.1, 0.15) is 0 Å². The second kappa shape index (κ2) is 5.33. The molecule has 0 fully saturated rings. The molecule has 3 aromatic rings. The van der Waals surface area contributed by atoms with E-state index in [1.165, 1.54) is 6.07 Å². The van der Waals surface area contributed by atoms with Gasteiger partial charge in [-0.1, -0.05) is 48.5 Å². The van der Waals surface area contributed by atoms with Gasteiger partial charge >= 0.3 is 11.9 Å². The van der Waals surface area contributed by atoms with Crippen molar-refractivity contribution < 1.29 is 19.8 Å². The average molecular weight is 292 g/mol. The Kier molecular flexibility index (Phi) is 3.35. The van der Waals surface area contributed by atoms with Crippen LogP contribution in [0.4, 0.5) is 0 Å². The summed E-state index contributed by atoms with van der Waals surface area (Å²) in [7, 11) is 0. The summed E-state index contributed by atoms with van der Waals surface area (Å²) in [5.74, 6) is -2.50. The van der Waals surface area contributed by atoms with Crippen LogP contribution in [0.3, 0.4) is 0 Å². The Balaban J connectivity index is 2.28. The van der Waals surface area contributed by atoms with Crippen LogP contribution in [0.1, 0.15) is 20.7 Å². The van der Waals surface area contributed by atoms with Crippen LogP contribution in [0.5, 0.6) is 0 Å². The van der Waals surface area contributed by atoms with E-state index in [1.807, 2.05) is 36.4 Å². The van der Waals surface area contributed by atoms with Crippen molar-refractivity contribution in [3.05, 3.63) is 71.8 Å². The van der Waals surface area contributed by atoms with E-state index < -0.39 is 11.9 Å². The molecule has 2 N–H and O–H groups in total. The molecule has 4 heteroatoms. The zero-order valence-electron chi connectivity index (χ0n) is 11.5. The first-order chi connectivity index (χ1) is 10.6. The highest BCUT2D eigenvalue weighted by molar-refractivity contribution is 6.07. The summed E-state index contributed by atoms with van der Waals surface area (Å²) in [6.45, 7) is 0. The van der Waals surface area contributed by atoms with Gasteiger partial charge < -0.3 is 10.2 Å². The van der Waals surface area contributed by atoms with Crippen LogP contribution >= 0.6 is 0 Å². The number of rotatable bonds is 3. The van der Waals surface area contributed by atoms with E-state index in [9.17, 15) is 19.8 Å². The Morgan fingerprint density at radius 2 is 1.45 bits per heavy atom. The lowest BCUT2D eigenvalue weighted by Crippen LogP contribution is -2.09. The molecule has 0 aliphatic rings. The van der Waals surface area contributed by atoms with Crippen molar-refractivity contribution in [3.8, 4) is 11.1 Å². The van der Waals surface area contributed by atoms with Gasteiger partial charge in [0.05, 0.1) is 11.1 Å². The lowest BCUT2D eigenvalue weighted by atomic mass is 9.94. The van der Waals surface area contributed by atoms with E-state index in [0.717, 1.165) is 10.8 Å². The average Bonchev–Trinajstić information content (AvgIpc) is 2.53. The van der Waals surface area contributed by atoms with Gasteiger partial charge in [0.2, 0.25) is 0 Å². The molecule has 0 bridgehead atoms. The Hall–Kier alpha value is -3.14. The van der Waals surface area contributed by atoms with E-state index in [2.05, 4.69) is 0 Å². The van der Waals surface area contributed by atoms with Crippen molar-refractivity contribution in [1.82, 2.24) is 0 Å². The van der Waals surface area contributed by atoms with Crippen molar-refractivity contribution in [3.63, 3.8) is 0 Å². The topological polar surface area (TPSA) is 74.6 Å². The quantitative estimate of drug-likeness (QED) is 0.767. The first kappa shape index (κ1) is 13.8.